The summed E-state index contributed by atoms with van der Waals surface area (Å²) < 4.78 is 5.05. The fraction of sp³-hybridized carbons (Fsp3) is 0.364. The van der Waals surface area contributed by atoms with E-state index in [0.29, 0.717) is 21.5 Å². The Kier molecular flexibility index (Phi) is 8.34. The molecule has 0 aliphatic heterocycles. The molecule has 2 aromatic carbocycles. The Labute approximate surface area is 176 Å². The first kappa shape index (κ1) is 22.3. The van der Waals surface area contributed by atoms with Crippen LogP contribution in [0, 0.1) is 5.92 Å². The van der Waals surface area contributed by atoms with Gasteiger partial charge in [0.1, 0.15) is 0 Å². The number of carbonyl (C=O) groups is 2. The molecule has 1 N–H and O–H groups in total. The smallest absolute Gasteiger partial charge is 0.310 e. The van der Waals surface area contributed by atoms with Crippen molar-refractivity contribution in [2.75, 3.05) is 6.61 Å². The Hall–Kier alpha value is -2.04. The van der Waals surface area contributed by atoms with E-state index in [1.165, 1.54) is 5.56 Å². The lowest BCUT2D eigenvalue weighted by Crippen LogP contribution is -2.31. The number of amides is 1. The highest BCUT2D eigenvalue weighted by atomic mass is 35.5. The van der Waals surface area contributed by atoms with Crippen molar-refractivity contribution in [2.24, 2.45) is 5.92 Å². The standard InChI is InChI=1S/C22H25Cl2NO3/c1-14(2)11-16-7-9-17(10-8-16)15(3)25-21(26)13-28-22(27)12-18-19(23)5-4-6-20(18)24/h4-10,14-15H,11-13H2,1-3H3,(H,25,26)/t15-/m1/s1. The number of carbonyl (C=O) groups excluding carboxylic acids is 2. The van der Waals surface area contributed by atoms with Crippen molar-refractivity contribution in [3.8, 4) is 0 Å². The molecule has 28 heavy (non-hydrogen) atoms. The van der Waals surface area contributed by atoms with Crippen molar-refractivity contribution in [2.45, 2.75) is 39.7 Å². The fourth-order valence-corrected chi connectivity index (χ4v) is 3.35. The van der Waals surface area contributed by atoms with Crippen LogP contribution in [-0.2, 0) is 27.2 Å². The van der Waals surface area contributed by atoms with E-state index in [1.54, 1.807) is 18.2 Å². The summed E-state index contributed by atoms with van der Waals surface area (Å²) in [4.78, 5) is 24.1. The molecule has 4 nitrogen and oxygen atoms in total. The second kappa shape index (κ2) is 10.5. The van der Waals surface area contributed by atoms with Crippen molar-refractivity contribution in [3.63, 3.8) is 0 Å². The van der Waals surface area contributed by atoms with Gasteiger partial charge in [-0.15, -0.1) is 0 Å². The summed E-state index contributed by atoms with van der Waals surface area (Å²) >= 11 is 12.1. The van der Waals surface area contributed by atoms with Gasteiger partial charge in [0.25, 0.3) is 5.91 Å². The van der Waals surface area contributed by atoms with Gasteiger partial charge in [-0.3, -0.25) is 9.59 Å². The highest BCUT2D eigenvalue weighted by molar-refractivity contribution is 6.36. The van der Waals surface area contributed by atoms with Crippen LogP contribution in [0.2, 0.25) is 10.0 Å². The van der Waals surface area contributed by atoms with Gasteiger partial charge >= 0.3 is 5.97 Å². The minimum Gasteiger partial charge on any atom is -0.455 e. The zero-order chi connectivity index (χ0) is 20.7. The molecule has 0 saturated heterocycles. The number of ether oxygens (including phenoxy) is 1. The van der Waals surface area contributed by atoms with Crippen LogP contribution in [0.3, 0.4) is 0 Å². The molecule has 0 fully saturated rings. The highest BCUT2D eigenvalue weighted by Crippen LogP contribution is 2.24. The summed E-state index contributed by atoms with van der Waals surface area (Å²) in [6.45, 7) is 5.90. The maximum absolute atomic E-state index is 12.1. The Bertz CT molecular complexity index is 799. The van der Waals surface area contributed by atoms with Crippen LogP contribution >= 0.6 is 23.2 Å². The van der Waals surface area contributed by atoms with Gasteiger partial charge in [0.15, 0.2) is 6.61 Å². The molecule has 0 saturated carbocycles. The van der Waals surface area contributed by atoms with Crippen LogP contribution in [0.4, 0.5) is 0 Å². The van der Waals surface area contributed by atoms with Gasteiger partial charge in [-0.05, 0) is 42.5 Å². The summed E-state index contributed by atoms with van der Waals surface area (Å²) in [5, 5.41) is 3.61. The number of nitrogens with one attached hydrogen (secondary N) is 1. The van der Waals surface area contributed by atoms with Crippen molar-refractivity contribution in [1.82, 2.24) is 5.32 Å². The highest BCUT2D eigenvalue weighted by Gasteiger charge is 2.15. The van der Waals surface area contributed by atoms with Gasteiger partial charge in [0.2, 0.25) is 0 Å². The molecule has 6 heteroatoms. The molecular formula is C22H25Cl2NO3. The summed E-state index contributed by atoms with van der Waals surface area (Å²) in [6, 6.07) is 13.0. The molecule has 0 radical (unpaired) electrons. The normalized spacial score (nSPS) is 11.9. The van der Waals surface area contributed by atoms with Crippen molar-refractivity contribution >= 4 is 35.1 Å². The molecular weight excluding hydrogens is 397 g/mol. The van der Waals surface area contributed by atoms with Gasteiger partial charge < -0.3 is 10.1 Å². The van der Waals surface area contributed by atoms with E-state index in [-0.39, 0.29) is 25.0 Å². The Balaban J connectivity index is 1.82. The lowest BCUT2D eigenvalue weighted by Gasteiger charge is -2.15. The van der Waals surface area contributed by atoms with E-state index in [2.05, 4.69) is 31.3 Å². The van der Waals surface area contributed by atoms with Gasteiger partial charge in [-0.2, -0.15) is 0 Å². The van der Waals surface area contributed by atoms with Crippen molar-refractivity contribution in [3.05, 3.63) is 69.2 Å². The van der Waals surface area contributed by atoms with Crippen LogP contribution in [0.25, 0.3) is 0 Å². The summed E-state index contributed by atoms with van der Waals surface area (Å²) in [6.07, 6.45) is 0.936. The van der Waals surface area contributed by atoms with Gasteiger partial charge in [0, 0.05) is 15.6 Å². The average molecular weight is 422 g/mol. The molecule has 0 spiro atoms. The molecule has 0 aliphatic rings. The van der Waals surface area contributed by atoms with E-state index < -0.39 is 5.97 Å². The third kappa shape index (κ3) is 6.84. The van der Waals surface area contributed by atoms with Gasteiger partial charge in [-0.25, -0.2) is 0 Å². The van der Waals surface area contributed by atoms with Crippen LogP contribution < -0.4 is 5.32 Å². The van der Waals surface area contributed by atoms with E-state index in [0.717, 1.165) is 12.0 Å². The average Bonchev–Trinajstić information content (AvgIpc) is 2.63. The number of esters is 1. The molecule has 0 aromatic heterocycles. The molecule has 1 atom stereocenters. The lowest BCUT2D eigenvalue weighted by atomic mass is 10.00. The zero-order valence-corrected chi connectivity index (χ0v) is 17.8. The molecule has 2 rings (SSSR count). The predicted octanol–water partition coefficient (Wildman–Crippen LogP) is 5.16. The molecule has 0 heterocycles. The Morgan fingerprint density at radius 2 is 1.61 bits per heavy atom. The fourth-order valence-electron chi connectivity index (χ4n) is 2.82. The molecule has 150 valence electrons. The quantitative estimate of drug-likeness (QED) is 0.599. The molecule has 0 unspecified atom stereocenters. The molecule has 0 aliphatic carbocycles. The third-order valence-corrected chi connectivity index (χ3v) is 4.96. The topological polar surface area (TPSA) is 55.4 Å². The first-order valence-electron chi connectivity index (χ1n) is 9.23. The number of benzene rings is 2. The van der Waals surface area contributed by atoms with Crippen molar-refractivity contribution < 1.29 is 14.3 Å². The van der Waals surface area contributed by atoms with Crippen LogP contribution in [0.5, 0.6) is 0 Å². The van der Waals surface area contributed by atoms with E-state index in [9.17, 15) is 9.59 Å². The predicted molar refractivity (Wildman–Crippen MR) is 113 cm³/mol. The number of rotatable bonds is 8. The van der Waals surface area contributed by atoms with Crippen LogP contribution in [-0.4, -0.2) is 18.5 Å². The summed E-state index contributed by atoms with van der Waals surface area (Å²) in [5.41, 5.74) is 2.76. The lowest BCUT2D eigenvalue weighted by molar-refractivity contribution is -0.148. The largest absolute Gasteiger partial charge is 0.455 e. The van der Waals surface area contributed by atoms with Crippen LogP contribution in [0.15, 0.2) is 42.5 Å². The van der Waals surface area contributed by atoms with Crippen molar-refractivity contribution in [1.29, 1.82) is 0 Å². The number of hydrogen-bond donors (Lipinski definition) is 1. The van der Waals surface area contributed by atoms with Crippen LogP contribution in [0.1, 0.15) is 43.5 Å². The number of halogens is 2. The molecule has 2 aromatic rings. The van der Waals surface area contributed by atoms with E-state index in [4.69, 9.17) is 27.9 Å². The SMILES string of the molecule is CC(C)Cc1ccc([C@@H](C)NC(=O)COC(=O)Cc2c(Cl)cccc2Cl)cc1. The maximum atomic E-state index is 12.1. The van der Waals surface area contributed by atoms with E-state index >= 15 is 0 Å². The molecule has 0 bridgehead atoms. The first-order chi connectivity index (χ1) is 13.3. The number of hydrogen-bond acceptors (Lipinski definition) is 3. The minimum absolute atomic E-state index is 0.0847. The third-order valence-electron chi connectivity index (χ3n) is 4.25. The molecule has 1 amide bonds. The van der Waals surface area contributed by atoms with Gasteiger partial charge in [-0.1, -0.05) is 67.4 Å². The van der Waals surface area contributed by atoms with Gasteiger partial charge in [0.05, 0.1) is 12.5 Å². The van der Waals surface area contributed by atoms with E-state index in [1.807, 2.05) is 19.1 Å². The zero-order valence-electron chi connectivity index (χ0n) is 16.3. The minimum atomic E-state index is -0.559. The summed E-state index contributed by atoms with van der Waals surface area (Å²) in [5.74, 6) is -0.327. The maximum Gasteiger partial charge on any atom is 0.310 e. The first-order valence-corrected chi connectivity index (χ1v) is 9.98. The summed E-state index contributed by atoms with van der Waals surface area (Å²) in [7, 11) is 0. The second-order valence-corrected chi connectivity index (χ2v) is 7.98. The second-order valence-electron chi connectivity index (χ2n) is 7.17. The Morgan fingerprint density at radius 1 is 1.00 bits per heavy atom. The monoisotopic (exact) mass is 421 g/mol. The Morgan fingerprint density at radius 3 is 2.18 bits per heavy atom.